The predicted molar refractivity (Wildman–Crippen MR) is 78.4 cm³/mol. The SMILES string of the molecule is CC(C)C1(C)SC(Cc2ccccc2C(F)(F)F)=NC1=O. The minimum Gasteiger partial charge on any atom is -0.271 e. The number of rotatable bonds is 3. The fourth-order valence-corrected chi connectivity index (χ4v) is 3.30. The fraction of sp³-hybridized carbons (Fsp3) is 0.467. The Balaban J connectivity index is 2.26. The molecule has 2 rings (SSSR count). The highest BCUT2D eigenvalue weighted by molar-refractivity contribution is 8.16. The van der Waals surface area contributed by atoms with Crippen molar-refractivity contribution in [1.82, 2.24) is 0 Å². The van der Waals surface area contributed by atoms with Gasteiger partial charge in [-0.05, 0) is 24.5 Å². The molecule has 21 heavy (non-hydrogen) atoms. The summed E-state index contributed by atoms with van der Waals surface area (Å²) in [6, 6.07) is 5.41. The monoisotopic (exact) mass is 315 g/mol. The van der Waals surface area contributed by atoms with E-state index in [4.69, 9.17) is 0 Å². The van der Waals surface area contributed by atoms with Gasteiger partial charge in [0.15, 0.2) is 0 Å². The number of alkyl halides is 3. The van der Waals surface area contributed by atoms with Gasteiger partial charge < -0.3 is 0 Å². The maximum absolute atomic E-state index is 13.0. The van der Waals surface area contributed by atoms with Crippen LogP contribution >= 0.6 is 11.8 Å². The lowest BCUT2D eigenvalue weighted by molar-refractivity contribution is -0.138. The molecule has 0 saturated carbocycles. The number of halogens is 3. The van der Waals surface area contributed by atoms with E-state index in [2.05, 4.69) is 4.99 Å². The number of aliphatic imine (C=N–C) groups is 1. The van der Waals surface area contributed by atoms with E-state index in [0.29, 0.717) is 5.04 Å². The molecule has 1 aliphatic rings. The van der Waals surface area contributed by atoms with Crippen molar-refractivity contribution in [2.24, 2.45) is 10.9 Å². The summed E-state index contributed by atoms with van der Waals surface area (Å²) in [5.74, 6) is -0.198. The average Bonchev–Trinajstić information content (AvgIpc) is 2.65. The number of carbonyl (C=O) groups is 1. The lowest BCUT2D eigenvalue weighted by atomic mass is 9.96. The van der Waals surface area contributed by atoms with Crippen LogP contribution < -0.4 is 0 Å². The molecule has 0 N–H and O–H groups in total. The van der Waals surface area contributed by atoms with Crippen molar-refractivity contribution >= 4 is 22.7 Å². The molecule has 1 amide bonds. The van der Waals surface area contributed by atoms with Gasteiger partial charge in [0.25, 0.3) is 5.91 Å². The quantitative estimate of drug-likeness (QED) is 0.830. The standard InChI is InChI=1S/C15H16F3NOS/c1-9(2)14(3)13(20)19-12(21-14)8-10-6-4-5-7-11(10)15(16,17)18/h4-7,9H,8H2,1-3H3. The molecule has 1 aromatic rings. The van der Waals surface area contributed by atoms with Crippen LogP contribution in [0.3, 0.4) is 0 Å². The molecule has 0 aromatic heterocycles. The van der Waals surface area contributed by atoms with E-state index >= 15 is 0 Å². The molecule has 1 atom stereocenters. The van der Waals surface area contributed by atoms with E-state index in [0.717, 1.165) is 6.07 Å². The van der Waals surface area contributed by atoms with E-state index in [1.807, 2.05) is 13.8 Å². The molecule has 114 valence electrons. The summed E-state index contributed by atoms with van der Waals surface area (Å²) < 4.78 is 38.2. The first-order chi connectivity index (χ1) is 9.64. The Labute approximate surface area is 125 Å². The second-order valence-corrected chi connectivity index (χ2v) is 7.03. The molecule has 0 saturated heterocycles. The highest BCUT2D eigenvalue weighted by Gasteiger charge is 2.43. The second kappa shape index (κ2) is 5.48. The number of hydrogen-bond donors (Lipinski definition) is 0. The first-order valence-corrected chi connectivity index (χ1v) is 7.42. The zero-order chi connectivity index (χ0) is 15.8. The maximum atomic E-state index is 13.0. The predicted octanol–water partition coefficient (Wildman–Crippen LogP) is 4.33. The molecular formula is C15H16F3NOS. The van der Waals surface area contributed by atoms with Crippen LogP contribution in [0.4, 0.5) is 13.2 Å². The summed E-state index contributed by atoms with van der Waals surface area (Å²) in [6.45, 7) is 5.61. The third kappa shape index (κ3) is 3.15. The van der Waals surface area contributed by atoms with Gasteiger partial charge in [0.1, 0.15) is 4.75 Å². The van der Waals surface area contributed by atoms with Gasteiger partial charge in [-0.1, -0.05) is 43.8 Å². The van der Waals surface area contributed by atoms with Crippen LogP contribution in [0, 0.1) is 5.92 Å². The van der Waals surface area contributed by atoms with E-state index in [1.54, 1.807) is 13.0 Å². The maximum Gasteiger partial charge on any atom is 0.416 e. The average molecular weight is 315 g/mol. The lowest BCUT2D eigenvalue weighted by Crippen LogP contribution is -2.33. The van der Waals surface area contributed by atoms with Crippen LogP contribution in [-0.2, 0) is 17.4 Å². The van der Waals surface area contributed by atoms with Crippen LogP contribution in [0.5, 0.6) is 0 Å². The highest BCUT2D eigenvalue weighted by atomic mass is 32.2. The summed E-state index contributed by atoms with van der Waals surface area (Å²) in [7, 11) is 0. The van der Waals surface area contributed by atoms with Crippen molar-refractivity contribution in [2.45, 2.75) is 38.1 Å². The van der Waals surface area contributed by atoms with Crippen molar-refractivity contribution in [3.63, 3.8) is 0 Å². The molecule has 0 spiro atoms. The highest BCUT2D eigenvalue weighted by Crippen LogP contribution is 2.41. The van der Waals surface area contributed by atoms with Crippen LogP contribution in [0.1, 0.15) is 31.9 Å². The Morgan fingerprint density at radius 1 is 1.29 bits per heavy atom. The summed E-state index contributed by atoms with van der Waals surface area (Å²) in [5.41, 5.74) is -0.518. The molecule has 1 heterocycles. The largest absolute Gasteiger partial charge is 0.416 e. The first kappa shape index (κ1) is 16.1. The Morgan fingerprint density at radius 3 is 2.43 bits per heavy atom. The number of benzene rings is 1. The summed E-state index contributed by atoms with van der Waals surface area (Å²) in [6.07, 6.45) is -4.36. The number of hydrogen-bond acceptors (Lipinski definition) is 2. The summed E-state index contributed by atoms with van der Waals surface area (Å²) >= 11 is 1.28. The van der Waals surface area contributed by atoms with E-state index in [9.17, 15) is 18.0 Å². The number of amides is 1. The molecule has 0 aliphatic carbocycles. The molecular weight excluding hydrogens is 299 g/mol. The van der Waals surface area contributed by atoms with Gasteiger partial charge in [0, 0.05) is 6.42 Å². The van der Waals surface area contributed by atoms with E-state index < -0.39 is 16.5 Å². The van der Waals surface area contributed by atoms with Crippen molar-refractivity contribution in [3.05, 3.63) is 35.4 Å². The van der Waals surface area contributed by atoms with Gasteiger partial charge in [0.05, 0.1) is 10.6 Å². The smallest absolute Gasteiger partial charge is 0.271 e. The minimum atomic E-state index is -4.40. The zero-order valence-electron chi connectivity index (χ0n) is 12.0. The normalized spacial score (nSPS) is 22.8. The molecule has 0 fully saturated rings. The van der Waals surface area contributed by atoms with Gasteiger partial charge in [-0.15, -0.1) is 0 Å². The van der Waals surface area contributed by atoms with Crippen molar-refractivity contribution in [2.75, 3.05) is 0 Å². The van der Waals surface area contributed by atoms with E-state index in [-0.39, 0.29) is 23.8 Å². The van der Waals surface area contributed by atoms with Crippen molar-refractivity contribution < 1.29 is 18.0 Å². The van der Waals surface area contributed by atoms with Crippen molar-refractivity contribution in [1.29, 1.82) is 0 Å². The van der Waals surface area contributed by atoms with Crippen LogP contribution in [0.25, 0.3) is 0 Å². The molecule has 0 bridgehead atoms. The second-order valence-electron chi connectivity index (χ2n) is 5.51. The van der Waals surface area contributed by atoms with Crippen LogP contribution in [-0.4, -0.2) is 15.7 Å². The molecule has 0 radical (unpaired) electrons. The van der Waals surface area contributed by atoms with Gasteiger partial charge in [0.2, 0.25) is 0 Å². The molecule has 1 unspecified atom stereocenters. The molecule has 1 aliphatic heterocycles. The number of nitrogens with zero attached hydrogens (tertiary/aromatic N) is 1. The fourth-order valence-electron chi connectivity index (χ4n) is 2.09. The number of carbonyl (C=O) groups excluding carboxylic acids is 1. The van der Waals surface area contributed by atoms with Crippen LogP contribution in [0.2, 0.25) is 0 Å². The van der Waals surface area contributed by atoms with Crippen molar-refractivity contribution in [3.8, 4) is 0 Å². The zero-order valence-corrected chi connectivity index (χ0v) is 12.8. The van der Waals surface area contributed by atoms with Gasteiger partial charge in [-0.3, -0.25) is 4.79 Å². The minimum absolute atomic E-state index is 0.0361. The van der Waals surface area contributed by atoms with Gasteiger partial charge >= 0.3 is 6.18 Å². The van der Waals surface area contributed by atoms with E-state index in [1.165, 1.54) is 23.9 Å². The Hall–Kier alpha value is -1.30. The summed E-state index contributed by atoms with van der Waals surface area (Å²) in [5, 5.41) is 0.452. The third-order valence-electron chi connectivity index (χ3n) is 3.75. The summed E-state index contributed by atoms with van der Waals surface area (Å²) in [4.78, 5) is 15.9. The van der Waals surface area contributed by atoms with Gasteiger partial charge in [-0.25, -0.2) is 4.99 Å². The Kier molecular flexibility index (Phi) is 4.19. The third-order valence-corrected chi connectivity index (χ3v) is 5.29. The topological polar surface area (TPSA) is 29.4 Å². The number of thioether (sulfide) groups is 1. The molecule has 2 nitrogen and oxygen atoms in total. The lowest BCUT2D eigenvalue weighted by Gasteiger charge is -2.24. The Morgan fingerprint density at radius 2 is 1.90 bits per heavy atom. The van der Waals surface area contributed by atoms with Crippen LogP contribution in [0.15, 0.2) is 29.3 Å². The molecule has 1 aromatic carbocycles. The van der Waals surface area contributed by atoms with Gasteiger partial charge in [-0.2, -0.15) is 13.2 Å². The first-order valence-electron chi connectivity index (χ1n) is 6.60. The molecule has 6 heteroatoms. The Bertz CT molecular complexity index is 595.